The molecule has 0 radical (unpaired) electrons. The van der Waals surface area contributed by atoms with Crippen LogP contribution < -0.4 is 15.1 Å². The van der Waals surface area contributed by atoms with Crippen molar-refractivity contribution in [3.63, 3.8) is 0 Å². The lowest BCUT2D eigenvalue weighted by atomic mass is 10.1. The molecule has 0 bridgehead atoms. The van der Waals surface area contributed by atoms with E-state index in [0.29, 0.717) is 50.5 Å². The molecule has 4 rings (SSSR count). The highest BCUT2D eigenvalue weighted by molar-refractivity contribution is 5.94. The van der Waals surface area contributed by atoms with Gasteiger partial charge in [-0.1, -0.05) is 0 Å². The summed E-state index contributed by atoms with van der Waals surface area (Å²) >= 11 is 0. The minimum Gasteiger partial charge on any atom is -0.469 e. The van der Waals surface area contributed by atoms with Gasteiger partial charge in [0.2, 0.25) is 5.95 Å². The third-order valence-electron chi connectivity index (χ3n) is 6.64. The predicted octanol–water partition coefficient (Wildman–Crippen LogP) is 2.58. The molecule has 204 valence electrons. The summed E-state index contributed by atoms with van der Waals surface area (Å²) in [5, 5.41) is 2.79. The van der Waals surface area contributed by atoms with Crippen LogP contribution in [0.25, 0.3) is 0 Å². The summed E-state index contributed by atoms with van der Waals surface area (Å²) in [6.07, 6.45) is 0.718. The molecule has 10 nitrogen and oxygen atoms in total. The average Bonchev–Trinajstić information content (AvgIpc) is 3.28. The molecule has 2 saturated heterocycles. The number of rotatable bonds is 9. The molecule has 0 unspecified atom stereocenters. The van der Waals surface area contributed by atoms with Gasteiger partial charge in [-0.05, 0) is 43.7 Å². The number of methoxy groups -OCH3 is 1. The molecule has 2 amide bonds. The fraction of sp³-hybridized carbons (Fsp3) is 0.462. The Balaban J connectivity index is 1.27. The molecule has 3 heterocycles. The summed E-state index contributed by atoms with van der Waals surface area (Å²) in [5.74, 6) is -2.14. The van der Waals surface area contributed by atoms with Crippen LogP contribution in [-0.4, -0.2) is 86.4 Å². The number of benzene rings is 1. The van der Waals surface area contributed by atoms with Crippen molar-refractivity contribution in [2.24, 2.45) is 0 Å². The maximum absolute atomic E-state index is 15.1. The van der Waals surface area contributed by atoms with E-state index in [9.17, 15) is 18.8 Å². The normalized spacial score (nSPS) is 18.7. The third kappa shape index (κ3) is 6.55. The quantitative estimate of drug-likeness (QED) is 0.389. The average molecular weight is 532 g/mol. The highest BCUT2D eigenvalue weighted by atomic mass is 19.1. The standard InChI is InChI=1S/C26H31F2N5O5/c1-17(30-25(35)20-4-3-9-29-24(20)28)15-31-10-12-32(13-11-31)22-7-5-18(14-21(22)27)33-16-19(38-26(33)36)6-8-23(34)37-2/h3-5,7,9,14,17,19H,6,8,10-13,15-16H2,1-2H3,(H,30,35)/t17-,19-/m0/s1. The second kappa shape index (κ2) is 12.2. The van der Waals surface area contributed by atoms with Crippen LogP contribution in [0.4, 0.5) is 25.0 Å². The van der Waals surface area contributed by atoms with E-state index in [4.69, 9.17) is 4.74 Å². The summed E-state index contributed by atoms with van der Waals surface area (Å²) in [7, 11) is 1.30. The summed E-state index contributed by atoms with van der Waals surface area (Å²) in [6, 6.07) is 7.33. The van der Waals surface area contributed by atoms with Gasteiger partial charge in [0.15, 0.2) is 0 Å². The van der Waals surface area contributed by atoms with Crippen LogP contribution in [0, 0.1) is 11.8 Å². The summed E-state index contributed by atoms with van der Waals surface area (Å²) in [5.41, 5.74) is 0.740. The smallest absolute Gasteiger partial charge is 0.414 e. The van der Waals surface area contributed by atoms with Crippen molar-refractivity contribution in [1.29, 1.82) is 0 Å². The van der Waals surface area contributed by atoms with Gasteiger partial charge >= 0.3 is 12.1 Å². The number of hydrogen-bond acceptors (Lipinski definition) is 8. The van der Waals surface area contributed by atoms with Gasteiger partial charge in [-0.25, -0.2) is 14.2 Å². The van der Waals surface area contributed by atoms with Crippen LogP contribution in [-0.2, 0) is 14.3 Å². The lowest BCUT2D eigenvalue weighted by molar-refractivity contribution is -0.141. The lowest BCUT2D eigenvalue weighted by Gasteiger charge is -2.37. The molecule has 0 aliphatic carbocycles. The van der Waals surface area contributed by atoms with Gasteiger partial charge in [0.05, 0.1) is 30.6 Å². The van der Waals surface area contributed by atoms with Gasteiger partial charge in [-0.15, -0.1) is 0 Å². The highest BCUT2D eigenvalue weighted by Gasteiger charge is 2.33. The van der Waals surface area contributed by atoms with Gasteiger partial charge in [0.25, 0.3) is 5.91 Å². The summed E-state index contributed by atoms with van der Waals surface area (Å²) in [4.78, 5) is 44.9. The maximum Gasteiger partial charge on any atom is 0.414 e. The summed E-state index contributed by atoms with van der Waals surface area (Å²) < 4.78 is 38.7. The Morgan fingerprint density at radius 1 is 1.21 bits per heavy atom. The number of nitrogens with zero attached hydrogens (tertiary/aromatic N) is 4. The zero-order valence-corrected chi connectivity index (χ0v) is 21.4. The van der Waals surface area contributed by atoms with Crippen LogP contribution >= 0.6 is 0 Å². The molecule has 1 aromatic heterocycles. The number of aromatic nitrogens is 1. The number of piperazine rings is 1. The number of pyridine rings is 1. The minimum atomic E-state index is -0.807. The molecule has 12 heteroatoms. The van der Waals surface area contributed by atoms with E-state index in [0.717, 1.165) is 0 Å². The molecule has 2 atom stereocenters. The molecule has 38 heavy (non-hydrogen) atoms. The third-order valence-corrected chi connectivity index (χ3v) is 6.64. The van der Waals surface area contributed by atoms with Crippen molar-refractivity contribution in [3.8, 4) is 0 Å². The van der Waals surface area contributed by atoms with Crippen LogP contribution in [0.2, 0.25) is 0 Å². The topological polar surface area (TPSA) is 104 Å². The molecule has 2 fully saturated rings. The first kappa shape index (κ1) is 27.2. The van der Waals surface area contributed by atoms with Gasteiger partial charge in [0.1, 0.15) is 11.9 Å². The molecule has 0 saturated carbocycles. The monoisotopic (exact) mass is 531 g/mol. The van der Waals surface area contributed by atoms with Crippen molar-refractivity contribution >= 4 is 29.3 Å². The van der Waals surface area contributed by atoms with Crippen molar-refractivity contribution in [2.45, 2.75) is 31.9 Å². The van der Waals surface area contributed by atoms with Crippen molar-refractivity contribution in [2.75, 3.05) is 56.2 Å². The molecule has 0 spiro atoms. The molecule has 1 aromatic carbocycles. The Bertz CT molecular complexity index is 1170. The largest absolute Gasteiger partial charge is 0.469 e. The Hall–Kier alpha value is -3.80. The van der Waals surface area contributed by atoms with E-state index in [1.165, 1.54) is 36.4 Å². The SMILES string of the molecule is COC(=O)CC[C@H]1CN(c2ccc(N3CCN(C[C@H](C)NC(=O)c4cccnc4F)CC3)c(F)c2)C(=O)O1. The Morgan fingerprint density at radius 3 is 2.66 bits per heavy atom. The summed E-state index contributed by atoms with van der Waals surface area (Å²) in [6.45, 7) is 5.11. The molecule has 2 aliphatic rings. The van der Waals surface area contributed by atoms with E-state index < -0.39 is 29.9 Å². The minimum absolute atomic E-state index is 0.0954. The Kier molecular flexibility index (Phi) is 8.72. The van der Waals surface area contributed by atoms with E-state index in [-0.39, 0.29) is 30.5 Å². The van der Waals surface area contributed by atoms with E-state index in [2.05, 4.69) is 19.9 Å². The van der Waals surface area contributed by atoms with Crippen LogP contribution in [0.15, 0.2) is 36.5 Å². The first-order valence-electron chi connectivity index (χ1n) is 12.5. The van der Waals surface area contributed by atoms with E-state index in [1.54, 1.807) is 12.1 Å². The second-order valence-corrected chi connectivity index (χ2v) is 9.37. The first-order valence-corrected chi connectivity index (χ1v) is 12.5. The Morgan fingerprint density at radius 2 is 1.97 bits per heavy atom. The Labute approximate surface area is 219 Å². The molecule has 1 N–H and O–H groups in total. The van der Waals surface area contributed by atoms with Crippen LogP contribution in [0.1, 0.15) is 30.1 Å². The van der Waals surface area contributed by atoms with Crippen molar-refractivity contribution < 1.29 is 32.6 Å². The number of halogens is 2. The predicted molar refractivity (Wildman–Crippen MR) is 135 cm³/mol. The number of amides is 2. The highest BCUT2D eigenvalue weighted by Crippen LogP contribution is 2.29. The number of nitrogens with one attached hydrogen (secondary N) is 1. The number of ether oxygens (including phenoxy) is 2. The second-order valence-electron chi connectivity index (χ2n) is 9.37. The zero-order chi connectivity index (χ0) is 27.2. The van der Waals surface area contributed by atoms with Gasteiger partial charge in [-0.3, -0.25) is 19.4 Å². The number of carbonyl (C=O) groups is 3. The fourth-order valence-electron chi connectivity index (χ4n) is 4.64. The molecular formula is C26H31F2N5O5. The van der Waals surface area contributed by atoms with Crippen LogP contribution in [0.3, 0.4) is 0 Å². The molecular weight excluding hydrogens is 500 g/mol. The first-order chi connectivity index (χ1) is 18.2. The number of esters is 1. The van der Waals surface area contributed by atoms with Crippen molar-refractivity contribution in [1.82, 2.24) is 15.2 Å². The van der Waals surface area contributed by atoms with Crippen LogP contribution in [0.5, 0.6) is 0 Å². The zero-order valence-electron chi connectivity index (χ0n) is 21.4. The lowest BCUT2D eigenvalue weighted by Crippen LogP contribution is -2.51. The van der Waals surface area contributed by atoms with Gasteiger partial charge in [-0.2, -0.15) is 4.39 Å². The maximum atomic E-state index is 15.1. The van der Waals surface area contributed by atoms with Crippen molar-refractivity contribution in [3.05, 3.63) is 53.9 Å². The number of carbonyl (C=O) groups excluding carboxylic acids is 3. The fourth-order valence-corrected chi connectivity index (χ4v) is 4.64. The molecule has 2 aromatic rings. The number of anilines is 2. The molecule has 2 aliphatic heterocycles. The number of cyclic esters (lactones) is 1. The van der Waals surface area contributed by atoms with Gasteiger partial charge < -0.3 is 19.7 Å². The van der Waals surface area contributed by atoms with Gasteiger partial charge in [0, 0.05) is 51.4 Å². The van der Waals surface area contributed by atoms with E-state index >= 15 is 4.39 Å². The van der Waals surface area contributed by atoms with E-state index in [1.807, 2.05) is 11.8 Å². The number of hydrogen-bond donors (Lipinski definition) is 1.